The number of carbonyl (C=O) groups is 3. The lowest BCUT2D eigenvalue weighted by atomic mass is 10.1. The summed E-state index contributed by atoms with van der Waals surface area (Å²) in [4.78, 5) is 37.2. The Morgan fingerprint density at radius 2 is 1.50 bits per heavy atom. The van der Waals surface area contributed by atoms with Gasteiger partial charge in [-0.15, -0.1) is 0 Å². The number of imide groups is 2. The molecule has 116 valence electrons. The molecule has 0 N–H and O–H groups in total. The molecule has 1 fully saturated rings. The zero-order valence-electron chi connectivity index (χ0n) is 11.7. The van der Waals surface area contributed by atoms with Crippen LogP contribution in [0.2, 0.25) is 0 Å². The molecule has 0 aromatic heterocycles. The molecular weight excluding hydrogens is 298 g/mol. The van der Waals surface area contributed by atoms with Gasteiger partial charge in [-0.05, 0) is 23.8 Å². The minimum atomic E-state index is -2.93. The second-order valence-corrected chi connectivity index (χ2v) is 4.52. The summed E-state index contributed by atoms with van der Waals surface area (Å²) in [6.07, 6.45) is 1.29. The van der Waals surface area contributed by atoms with Crippen molar-refractivity contribution in [3.8, 4) is 5.75 Å². The van der Waals surface area contributed by atoms with E-state index in [2.05, 4.69) is 4.74 Å². The number of likely N-dealkylation sites (N-methyl/N-ethyl adjacent to an activating group) is 2. The molecular formula is C14H12F2N2O4. The summed E-state index contributed by atoms with van der Waals surface area (Å²) < 4.78 is 28.3. The van der Waals surface area contributed by atoms with E-state index in [4.69, 9.17) is 0 Å². The Hall–Kier alpha value is -2.77. The molecule has 0 unspecified atom stereocenters. The molecule has 1 aliphatic rings. The van der Waals surface area contributed by atoms with Gasteiger partial charge in [-0.3, -0.25) is 19.4 Å². The number of ether oxygens (including phenoxy) is 1. The lowest BCUT2D eigenvalue weighted by Gasteiger charge is -2.28. The maximum absolute atomic E-state index is 12.1. The van der Waals surface area contributed by atoms with Crippen LogP contribution in [0.15, 0.2) is 29.8 Å². The third kappa shape index (κ3) is 2.95. The number of barbiturate groups is 1. The maximum Gasteiger partial charge on any atom is 0.387 e. The summed E-state index contributed by atoms with van der Waals surface area (Å²) >= 11 is 0. The first-order valence-electron chi connectivity index (χ1n) is 6.18. The average molecular weight is 310 g/mol. The number of rotatable bonds is 3. The van der Waals surface area contributed by atoms with Crippen LogP contribution in [0.3, 0.4) is 0 Å². The molecule has 0 aliphatic carbocycles. The third-order valence-electron chi connectivity index (χ3n) is 3.06. The molecule has 1 saturated heterocycles. The molecule has 1 heterocycles. The van der Waals surface area contributed by atoms with Crippen LogP contribution in [-0.4, -0.2) is 48.4 Å². The number of nitrogens with zero attached hydrogens (tertiary/aromatic N) is 2. The number of hydrogen-bond acceptors (Lipinski definition) is 4. The minimum absolute atomic E-state index is 0.0390. The largest absolute Gasteiger partial charge is 0.435 e. The van der Waals surface area contributed by atoms with Gasteiger partial charge in [0.05, 0.1) is 0 Å². The molecule has 8 heteroatoms. The highest BCUT2D eigenvalue weighted by Gasteiger charge is 2.37. The predicted molar refractivity (Wildman–Crippen MR) is 72.0 cm³/mol. The van der Waals surface area contributed by atoms with Crippen molar-refractivity contribution >= 4 is 23.9 Å². The van der Waals surface area contributed by atoms with Gasteiger partial charge in [0.2, 0.25) is 0 Å². The molecule has 1 aromatic carbocycles. The average Bonchev–Trinajstić information content (AvgIpc) is 2.49. The summed E-state index contributed by atoms with van der Waals surface area (Å²) in [6, 6.07) is 4.69. The van der Waals surface area contributed by atoms with Crippen LogP contribution in [-0.2, 0) is 9.59 Å². The Kier molecular flexibility index (Phi) is 4.20. The van der Waals surface area contributed by atoms with Crippen LogP contribution >= 0.6 is 0 Å². The van der Waals surface area contributed by atoms with Crippen molar-refractivity contribution in [1.29, 1.82) is 0 Å². The number of alkyl halides is 2. The summed E-state index contributed by atoms with van der Waals surface area (Å²) in [5.41, 5.74) is 0.251. The molecule has 0 bridgehead atoms. The van der Waals surface area contributed by atoms with Gasteiger partial charge < -0.3 is 4.74 Å². The number of urea groups is 1. The van der Waals surface area contributed by atoms with Gasteiger partial charge in [0, 0.05) is 14.1 Å². The second kappa shape index (κ2) is 5.92. The van der Waals surface area contributed by atoms with Gasteiger partial charge in [0.15, 0.2) is 0 Å². The molecule has 0 spiro atoms. The Bertz CT molecular complexity index is 629. The molecule has 0 atom stereocenters. The van der Waals surface area contributed by atoms with Crippen molar-refractivity contribution in [3.05, 3.63) is 35.4 Å². The van der Waals surface area contributed by atoms with Crippen LogP contribution in [0.1, 0.15) is 5.56 Å². The van der Waals surface area contributed by atoms with E-state index in [9.17, 15) is 23.2 Å². The quantitative estimate of drug-likeness (QED) is 0.630. The number of amides is 4. The van der Waals surface area contributed by atoms with Gasteiger partial charge in [-0.2, -0.15) is 8.78 Å². The first-order valence-corrected chi connectivity index (χ1v) is 6.18. The molecule has 1 aromatic rings. The van der Waals surface area contributed by atoms with Gasteiger partial charge in [-0.25, -0.2) is 4.79 Å². The van der Waals surface area contributed by atoms with E-state index in [1.807, 2.05) is 0 Å². The highest BCUT2D eigenvalue weighted by molar-refractivity contribution is 6.30. The van der Waals surface area contributed by atoms with E-state index in [1.54, 1.807) is 0 Å². The molecule has 6 nitrogen and oxygen atoms in total. The van der Waals surface area contributed by atoms with Crippen molar-refractivity contribution in [2.45, 2.75) is 6.61 Å². The Morgan fingerprint density at radius 3 is 1.95 bits per heavy atom. The van der Waals surface area contributed by atoms with Crippen LogP contribution in [0.4, 0.5) is 13.6 Å². The zero-order valence-corrected chi connectivity index (χ0v) is 11.7. The maximum atomic E-state index is 12.1. The molecule has 1 aliphatic heterocycles. The highest BCUT2D eigenvalue weighted by atomic mass is 19.3. The van der Waals surface area contributed by atoms with Gasteiger partial charge >= 0.3 is 12.6 Å². The number of carbonyl (C=O) groups excluding carboxylic acids is 3. The summed E-state index contributed by atoms with van der Waals surface area (Å²) in [5.74, 6) is -1.48. The topological polar surface area (TPSA) is 66.9 Å². The Labute approximate surface area is 124 Å². The molecule has 4 amide bonds. The standard InChI is InChI=1S/C14H12F2N2O4/c1-17-11(19)10(12(20)18(2)14(17)21)7-8-3-5-9(6-4-8)22-13(15)16/h3-7,13H,1-2H3. The lowest BCUT2D eigenvalue weighted by Crippen LogP contribution is -2.52. The lowest BCUT2D eigenvalue weighted by molar-refractivity contribution is -0.134. The Morgan fingerprint density at radius 1 is 1.00 bits per heavy atom. The normalized spacial score (nSPS) is 15.7. The molecule has 22 heavy (non-hydrogen) atoms. The van der Waals surface area contributed by atoms with Crippen molar-refractivity contribution in [1.82, 2.24) is 9.80 Å². The van der Waals surface area contributed by atoms with Crippen molar-refractivity contribution in [2.24, 2.45) is 0 Å². The fraction of sp³-hybridized carbons (Fsp3) is 0.214. The summed E-state index contributed by atoms with van der Waals surface area (Å²) in [5, 5.41) is 0. The monoisotopic (exact) mass is 310 g/mol. The smallest absolute Gasteiger partial charge is 0.387 e. The van der Waals surface area contributed by atoms with Crippen LogP contribution in [0, 0.1) is 0 Å². The highest BCUT2D eigenvalue weighted by Crippen LogP contribution is 2.20. The van der Waals surface area contributed by atoms with Crippen molar-refractivity contribution in [3.63, 3.8) is 0 Å². The fourth-order valence-electron chi connectivity index (χ4n) is 1.89. The first kappa shape index (κ1) is 15.6. The summed E-state index contributed by atoms with van der Waals surface area (Å²) in [7, 11) is 2.53. The fourth-order valence-corrected chi connectivity index (χ4v) is 1.89. The van der Waals surface area contributed by atoms with Gasteiger partial charge in [0.25, 0.3) is 11.8 Å². The number of benzene rings is 1. The Balaban J connectivity index is 2.29. The van der Waals surface area contributed by atoms with Crippen molar-refractivity contribution in [2.75, 3.05) is 14.1 Å². The first-order chi connectivity index (χ1) is 10.3. The van der Waals surface area contributed by atoms with Crippen molar-refractivity contribution < 1.29 is 27.9 Å². The van der Waals surface area contributed by atoms with E-state index >= 15 is 0 Å². The third-order valence-corrected chi connectivity index (χ3v) is 3.06. The zero-order chi connectivity index (χ0) is 16.4. The van der Waals surface area contributed by atoms with E-state index in [1.165, 1.54) is 44.4 Å². The SMILES string of the molecule is CN1C(=O)C(=Cc2ccc(OC(F)F)cc2)C(=O)N(C)C1=O. The van der Waals surface area contributed by atoms with Gasteiger partial charge in [-0.1, -0.05) is 12.1 Å². The molecule has 0 saturated carbocycles. The molecule has 0 radical (unpaired) electrons. The van der Waals surface area contributed by atoms with E-state index in [0.29, 0.717) is 5.56 Å². The predicted octanol–water partition coefficient (Wildman–Crippen LogP) is 1.72. The minimum Gasteiger partial charge on any atom is -0.435 e. The molecule has 2 rings (SSSR count). The number of hydrogen-bond donors (Lipinski definition) is 0. The number of halogens is 2. The van der Waals surface area contributed by atoms with E-state index in [0.717, 1.165) is 9.80 Å². The van der Waals surface area contributed by atoms with E-state index in [-0.39, 0.29) is 11.3 Å². The van der Waals surface area contributed by atoms with Gasteiger partial charge in [0.1, 0.15) is 11.3 Å². The van der Waals surface area contributed by atoms with Crippen LogP contribution < -0.4 is 4.74 Å². The van der Waals surface area contributed by atoms with Crippen LogP contribution in [0.25, 0.3) is 6.08 Å². The van der Waals surface area contributed by atoms with Crippen LogP contribution in [0.5, 0.6) is 5.75 Å². The summed E-state index contributed by atoms with van der Waals surface area (Å²) in [6.45, 7) is -2.93. The van der Waals surface area contributed by atoms with E-state index < -0.39 is 24.5 Å². The second-order valence-electron chi connectivity index (χ2n) is 4.52.